The van der Waals surface area contributed by atoms with E-state index < -0.39 is 0 Å². The van der Waals surface area contributed by atoms with Gasteiger partial charge in [0, 0.05) is 12.3 Å². The Morgan fingerprint density at radius 1 is 1.40 bits per heavy atom. The zero-order valence-electron chi connectivity index (χ0n) is 9.42. The topological polar surface area (TPSA) is 22.1 Å². The molecule has 1 aliphatic carbocycles. The van der Waals surface area contributed by atoms with Crippen LogP contribution in [-0.4, -0.2) is 4.98 Å². The van der Waals surface area contributed by atoms with Gasteiger partial charge in [0.25, 0.3) is 0 Å². The lowest BCUT2D eigenvalue weighted by molar-refractivity contribution is 0.389. The molecule has 0 aromatic carbocycles. The Labute approximate surface area is 91.0 Å². The third kappa shape index (κ3) is 2.38. The summed E-state index contributed by atoms with van der Waals surface area (Å²) in [6, 6.07) is 4.02. The fraction of sp³-hybridized carbons (Fsp3) is 0.462. The standard InChI is InChI=1S/C13H17NO/c1-3-11-7-8-13(14-9-11)15-10(2)12-5-4-6-12/h7-9H,3-6H2,1-2H3. The fourth-order valence-electron chi connectivity index (χ4n) is 1.62. The van der Waals surface area contributed by atoms with Crippen molar-refractivity contribution in [3.8, 4) is 5.88 Å². The van der Waals surface area contributed by atoms with E-state index in [1.807, 2.05) is 19.2 Å². The molecule has 80 valence electrons. The average Bonchev–Trinajstić information content (AvgIpc) is 2.16. The summed E-state index contributed by atoms with van der Waals surface area (Å²) in [5.74, 6) is 1.75. The number of hydrogen-bond donors (Lipinski definition) is 0. The first kappa shape index (κ1) is 10.2. The first-order valence-corrected chi connectivity index (χ1v) is 5.61. The summed E-state index contributed by atoms with van der Waals surface area (Å²) in [6.45, 7) is 4.16. The van der Waals surface area contributed by atoms with Crippen molar-refractivity contribution in [3.05, 3.63) is 35.2 Å². The summed E-state index contributed by atoms with van der Waals surface area (Å²) < 4.78 is 5.69. The van der Waals surface area contributed by atoms with Gasteiger partial charge in [-0.05, 0) is 43.7 Å². The van der Waals surface area contributed by atoms with Gasteiger partial charge in [0.15, 0.2) is 0 Å². The summed E-state index contributed by atoms with van der Waals surface area (Å²) >= 11 is 0. The van der Waals surface area contributed by atoms with Crippen molar-refractivity contribution in [1.29, 1.82) is 0 Å². The van der Waals surface area contributed by atoms with Gasteiger partial charge < -0.3 is 4.74 Å². The molecular formula is C13H17NO. The van der Waals surface area contributed by atoms with Gasteiger partial charge in [-0.2, -0.15) is 0 Å². The zero-order chi connectivity index (χ0) is 10.7. The first-order chi connectivity index (χ1) is 7.29. The van der Waals surface area contributed by atoms with Crippen molar-refractivity contribution in [1.82, 2.24) is 4.98 Å². The van der Waals surface area contributed by atoms with Gasteiger partial charge in [0.05, 0.1) is 0 Å². The number of aromatic nitrogens is 1. The maximum atomic E-state index is 5.69. The highest BCUT2D eigenvalue weighted by Gasteiger charge is 2.13. The quantitative estimate of drug-likeness (QED) is 0.702. The van der Waals surface area contributed by atoms with E-state index in [1.54, 1.807) is 0 Å². The second kappa shape index (κ2) is 4.47. The summed E-state index contributed by atoms with van der Waals surface area (Å²) in [7, 11) is 0. The van der Waals surface area contributed by atoms with Crippen LogP contribution in [0.15, 0.2) is 29.7 Å². The molecule has 0 saturated heterocycles. The Bertz CT molecular complexity index is 359. The molecule has 0 amide bonds. The number of hydrogen-bond acceptors (Lipinski definition) is 2. The second-order valence-electron chi connectivity index (χ2n) is 3.97. The molecule has 0 bridgehead atoms. The molecule has 0 N–H and O–H groups in total. The molecule has 1 fully saturated rings. The third-order valence-electron chi connectivity index (χ3n) is 2.92. The molecule has 0 atom stereocenters. The molecule has 1 aromatic rings. The van der Waals surface area contributed by atoms with Gasteiger partial charge in [-0.15, -0.1) is 0 Å². The van der Waals surface area contributed by atoms with Gasteiger partial charge in [-0.3, -0.25) is 0 Å². The van der Waals surface area contributed by atoms with Gasteiger partial charge in [-0.25, -0.2) is 4.98 Å². The van der Waals surface area contributed by atoms with Crippen LogP contribution in [0.4, 0.5) is 0 Å². The van der Waals surface area contributed by atoms with Crippen molar-refractivity contribution >= 4 is 0 Å². The summed E-state index contributed by atoms with van der Waals surface area (Å²) in [5, 5.41) is 0. The van der Waals surface area contributed by atoms with Crippen LogP contribution in [0.3, 0.4) is 0 Å². The average molecular weight is 203 g/mol. The van der Waals surface area contributed by atoms with E-state index in [-0.39, 0.29) is 0 Å². The second-order valence-corrected chi connectivity index (χ2v) is 3.97. The van der Waals surface area contributed by atoms with Crippen LogP contribution in [0.1, 0.15) is 38.7 Å². The summed E-state index contributed by atoms with van der Waals surface area (Å²) in [6.07, 6.45) is 6.59. The normalized spacial score (nSPS) is 14.7. The van der Waals surface area contributed by atoms with Gasteiger partial charge in [0.2, 0.25) is 5.88 Å². The summed E-state index contributed by atoms with van der Waals surface area (Å²) in [4.78, 5) is 4.27. The minimum atomic E-state index is 0.712. The van der Waals surface area contributed by atoms with E-state index in [4.69, 9.17) is 4.74 Å². The van der Waals surface area contributed by atoms with Crippen LogP contribution in [0.5, 0.6) is 5.88 Å². The molecule has 1 aliphatic rings. The Morgan fingerprint density at radius 3 is 2.67 bits per heavy atom. The van der Waals surface area contributed by atoms with E-state index in [1.165, 1.54) is 30.4 Å². The molecule has 0 unspecified atom stereocenters. The maximum absolute atomic E-state index is 5.69. The molecule has 2 rings (SSSR count). The van der Waals surface area contributed by atoms with Gasteiger partial charge in [0.1, 0.15) is 5.76 Å². The lowest BCUT2D eigenvalue weighted by Gasteiger charge is -2.19. The van der Waals surface area contributed by atoms with Crippen LogP contribution in [0.2, 0.25) is 0 Å². The zero-order valence-corrected chi connectivity index (χ0v) is 9.42. The van der Waals surface area contributed by atoms with E-state index in [2.05, 4.69) is 18.0 Å². The lowest BCUT2D eigenvalue weighted by atomic mass is 9.91. The molecule has 1 aromatic heterocycles. The lowest BCUT2D eigenvalue weighted by Crippen LogP contribution is -2.05. The molecule has 1 heterocycles. The Kier molecular flexibility index (Phi) is 3.05. The van der Waals surface area contributed by atoms with E-state index in [0.29, 0.717) is 5.88 Å². The molecule has 1 saturated carbocycles. The van der Waals surface area contributed by atoms with E-state index in [0.717, 1.165) is 12.2 Å². The largest absolute Gasteiger partial charge is 0.444 e. The minimum Gasteiger partial charge on any atom is -0.444 e. The highest BCUT2D eigenvalue weighted by molar-refractivity contribution is 5.22. The first-order valence-electron chi connectivity index (χ1n) is 5.61. The molecular weight excluding hydrogens is 186 g/mol. The third-order valence-corrected chi connectivity index (χ3v) is 2.92. The van der Waals surface area contributed by atoms with Gasteiger partial charge in [-0.1, -0.05) is 13.0 Å². The number of aryl methyl sites for hydroxylation is 1. The van der Waals surface area contributed by atoms with E-state index >= 15 is 0 Å². The predicted molar refractivity (Wildman–Crippen MR) is 60.8 cm³/mol. The van der Waals surface area contributed by atoms with Crippen LogP contribution in [0, 0.1) is 0 Å². The van der Waals surface area contributed by atoms with Crippen molar-refractivity contribution in [3.63, 3.8) is 0 Å². The molecule has 2 nitrogen and oxygen atoms in total. The maximum Gasteiger partial charge on any atom is 0.218 e. The van der Waals surface area contributed by atoms with Crippen molar-refractivity contribution < 1.29 is 4.74 Å². The minimum absolute atomic E-state index is 0.712. The van der Waals surface area contributed by atoms with Crippen LogP contribution in [0.25, 0.3) is 0 Å². The molecule has 0 spiro atoms. The van der Waals surface area contributed by atoms with Crippen molar-refractivity contribution in [2.24, 2.45) is 0 Å². The van der Waals surface area contributed by atoms with Gasteiger partial charge >= 0.3 is 0 Å². The Hall–Kier alpha value is -1.31. The SMILES string of the molecule is CCc1ccc(OC(C)=C2CCC2)nc1. The Morgan fingerprint density at radius 2 is 2.20 bits per heavy atom. The Balaban J connectivity index is 2.04. The van der Waals surface area contributed by atoms with Crippen LogP contribution < -0.4 is 4.74 Å². The predicted octanol–water partition coefficient (Wildman–Crippen LogP) is 3.48. The van der Waals surface area contributed by atoms with Crippen molar-refractivity contribution in [2.75, 3.05) is 0 Å². The fourth-order valence-corrected chi connectivity index (χ4v) is 1.62. The number of pyridine rings is 1. The highest BCUT2D eigenvalue weighted by Crippen LogP contribution is 2.29. The van der Waals surface area contributed by atoms with Crippen LogP contribution in [-0.2, 0) is 6.42 Å². The molecule has 15 heavy (non-hydrogen) atoms. The number of nitrogens with zero attached hydrogens (tertiary/aromatic N) is 1. The molecule has 0 radical (unpaired) electrons. The number of ether oxygens (including phenoxy) is 1. The highest BCUT2D eigenvalue weighted by atomic mass is 16.5. The summed E-state index contributed by atoms with van der Waals surface area (Å²) in [5.41, 5.74) is 2.69. The van der Waals surface area contributed by atoms with E-state index in [9.17, 15) is 0 Å². The monoisotopic (exact) mass is 203 g/mol. The smallest absolute Gasteiger partial charge is 0.218 e. The molecule has 2 heteroatoms. The number of allylic oxidation sites excluding steroid dienone is 2. The molecule has 0 aliphatic heterocycles. The van der Waals surface area contributed by atoms with Crippen LogP contribution >= 0.6 is 0 Å². The number of rotatable bonds is 3. The van der Waals surface area contributed by atoms with Crippen molar-refractivity contribution in [2.45, 2.75) is 39.5 Å².